The molecular weight excluding hydrogens is 438 g/mol. The van der Waals surface area contributed by atoms with Gasteiger partial charge in [-0.15, -0.1) is 0 Å². The van der Waals surface area contributed by atoms with Crippen LogP contribution < -0.4 is 10.2 Å². The average Bonchev–Trinajstić information content (AvgIpc) is 3.58. The van der Waals surface area contributed by atoms with E-state index in [4.69, 9.17) is 4.74 Å². The van der Waals surface area contributed by atoms with E-state index in [2.05, 4.69) is 37.2 Å². The first-order valence-electron chi connectivity index (χ1n) is 12.8. The zero-order valence-electron chi connectivity index (χ0n) is 20.0. The number of ether oxygens (including phenoxy) is 1. The Morgan fingerprint density at radius 3 is 2.60 bits per heavy atom. The van der Waals surface area contributed by atoms with Crippen LogP contribution in [0.4, 0.5) is 11.4 Å². The molecule has 2 saturated heterocycles. The Labute approximate surface area is 206 Å². The number of aromatic amines is 1. The molecule has 2 aliphatic heterocycles. The van der Waals surface area contributed by atoms with Crippen molar-refractivity contribution in [2.45, 2.75) is 51.0 Å². The van der Waals surface area contributed by atoms with Crippen LogP contribution in [0.1, 0.15) is 47.4 Å². The molecular formula is C28H33N5O2. The quantitative estimate of drug-likeness (QED) is 0.508. The molecule has 182 valence electrons. The standard InChI is InChI=1S/C28H33N5O2/c34-28(21-6-4-20(5-7-21)19-35-25-2-1-3-25)31-23-8-10-24(11-9-23)33-15-12-22-16-32(17-26(22)33)18-27-29-13-14-30-27/h4-11,13-14,22,25-26H,1-3,12,15-19H2,(H,29,30)(H,31,34). The number of likely N-dealkylation sites (tertiary alicyclic amines) is 1. The number of amides is 1. The molecule has 3 aliphatic rings. The van der Waals surface area contributed by atoms with Crippen LogP contribution >= 0.6 is 0 Å². The number of aromatic nitrogens is 2. The van der Waals surface area contributed by atoms with Gasteiger partial charge in [-0.25, -0.2) is 4.98 Å². The highest BCUT2D eigenvalue weighted by Crippen LogP contribution is 2.36. The predicted octanol–water partition coefficient (Wildman–Crippen LogP) is 4.44. The van der Waals surface area contributed by atoms with Crippen molar-refractivity contribution in [1.82, 2.24) is 14.9 Å². The number of rotatable bonds is 8. The zero-order valence-corrected chi connectivity index (χ0v) is 20.0. The summed E-state index contributed by atoms with van der Waals surface area (Å²) in [6, 6.07) is 16.5. The van der Waals surface area contributed by atoms with Crippen molar-refractivity contribution in [3.63, 3.8) is 0 Å². The van der Waals surface area contributed by atoms with Gasteiger partial charge in [-0.3, -0.25) is 9.69 Å². The van der Waals surface area contributed by atoms with E-state index in [1.807, 2.05) is 48.8 Å². The molecule has 1 aromatic heterocycles. The minimum atomic E-state index is -0.0881. The summed E-state index contributed by atoms with van der Waals surface area (Å²) >= 11 is 0. The number of benzene rings is 2. The van der Waals surface area contributed by atoms with Gasteiger partial charge in [-0.2, -0.15) is 0 Å². The van der Waals surface area contributed by atoms with Gasteiger partial charge in [0.1, 0.15) is 5.82 Å². The van der Waals surface area contributed by atoms with E-state index in [1.54, 1.807) is 0 Å². The summed E-state index contributed by atoms with van der Waals surface area (Å²) in [4.78, 5) is 25.4. The topological polar surface area (TPSA) is 73.5 Å². The Morgan fingerprint density at radius 2 is 1.89 bits per heavy atom. The third kappa shape index (κ3) is 4.97. The highest BCUT2D eigenvalue weighted by Gasteiger charge is 2.41. The van der Waals surface area contributed by atoms with Crippen LogP contribution in [0.3, 0.4) is 0 Å². The maximum absolute atomic E-state index is 12.7. The predicted molar refractivity (Wildman–Crippen MR) is 136 cm³/mol. The van der Waals surface area contributed by atoms with Crippen molar-refractivity contribution in [3.05, 3.63) is 77.9 Å². The number of fused-ring (bicyclic) bond motifs is 1. The SMILES string of the molecule is O=C(Nc1ccc(N2CCC3CN(Cc4ncc[nH]4)CC32)cc1)c1ccc(COC2CCC2)cc1. The monoisotopic (exact) mass is 471 g/mol. The van der Waals surface area contributed by atoms with Gasteiger partial charge in [-0.1, -0.05) is 12.1 Å². The molecule has 0 spiro atoms. The summed E-state index contributed by atoms with van der Waals surface area (Å²) in [6.45, 7) is 4.78. The van der Waals surface area contributed by atoms with Crippen molar-refractivity contribution < 1.29 is 9.53 Å². The van der Waals surface area contributed by atoms with Gasteiger partial charge in [0.2, 0.25) is 0 Å². The molecule has 2 unspecified atom stereocenters. The number of hydrogen-bond acceptors (Lipinski definition) is 5. The third-order valence-electron chi connectivity index (χ3n) is 7.76. The number of nitrogens with one attached hydrogen (secondary N) is 2. The fourth-order valence-electron chi connectivity index (χ4n) is 5.54. The van der Waals surface area contributed by atoms with Crippen molar-refractivity contribution in [2.75, 3.05) is 29.9 Å². The third-order valence-corrected chi connectivity index (χ3v) is 7.76. The summed E-state index contributed by atoms with van der Waals surface area (Å²) in [6.07, 6.45) is 8.96. The van der Waals surface area contributed by atoms with E-state index >= 15 is 0 Å². The van der Waals surface area contributed by atoms with Crippen LogP contribution in [0, 0.1) is 5.92 Å². The number of anilines is 2. The van der Waals surface area contributed by atoms with Crippen molar-refractivity contribution in [2.24, 2.45) is 5.92 Å². The van der Waals surface area contributed by atoms with Crippen molar-refractivity contribution in [1.29, 1.82) is 0 Å². The molecule has 2 atom stereocenters. The fourth-order valence-corrected chi connectivity index (χ4v) is 5.54. The van der Waals surface area contributed by atoms with Gasteiger partial charge in [0.25, 0.3) is 5.91 Å². The molecule has 0 bridgehead atoms. The number of nitrogens with zero attached hydrogens (tertiary/aromatic N) is 3. The molecule has 2 N–H and O–H groups in total. The van der Waals surface area contributed by atoms with E-state index in [-0.39, 0.29) is 5.91 Å². The number of carbonyl (C=O) groups is 1. The van der Waals surface area contributed by atoms with Crippen LogP contribution in [-0.4, -0.2) is 52.6 Å². The summed E-state index contributed by atoms with van der Waals surface area (Å²) in [7, 11) is 0. The number of carbonyl (C=O) groups excluding carboxylic acids is 1. The van der Waals surface area contributed by atoms with Gasteiger partial charge >= 0.3 is 0 Å². The first-order chi connectivity index (χ1) is 17.2. The van der Waals surface area contributed by atoms with E-state index in [0.717, 1.165) is 43.3 Å². The van der Waals surface area contributed by atoms with Crippen molar-refractivity contribution in [3.8, 4) is 0 Å². The van der Waals surface area contributed by atoms with Gasteiger partial charge in [0.05, 0.1) is 19.3 Å². The molecule has 7 heteroatoms. The molecule has 3 aromatic rings. The van der Waals surface area contributed by atoms with E-state index in [0.29, 0.717) is 30.2 Å². The minimum absolute atomic E-state index is 0.0881. The molecule has 3 fully saturated rings. The van der Waals surface area contributed by atoms with Crippen LogP contribution in [0.25, 0.3) is 0 Å². The van der Waals surface area contributed by atoms with E-state index in [1.165, 1.54) is 31.4 Å². The Kier molecular flexibility index (Phi) is 6.27. The summed E-state index contributed by atoms with van der Waals surface area (Å²) in [5.74, 6) is 1.65. The van der Waals surface area contributed by atoms with Gasteiger partial charge in [0.15, 0.2) is 0 Å². The maximum atomic E-state index is 12.7. The molecule has 2 aromatic carbocycles. The van der Waals surface area contributed by atoms with Gasteiger partial charge in [-0.05, 0) is 73.6 Å². The first-order valence-corrected chi connectivity index (χ1v) is 12.8. The highest BCUT2D eigenvalue weighted by molar-refractivity contribution is 6.04. The van der Waals surface area contributed by atoms with Crippen LogP contribution in [-0.2, 0) is 17.9 Å². The molecule has 6 rings (SSSR count). The van der Waals surface area contributed by atoms with Crippen LogP contribution in [0.15, 0.2) is 60.9 Å². The Bertz CT molecular complexity index is 1130. The van der Waals surface area contributed by atoms with E-state index < -0.39 is 0 Å². The molecule has 1 aliphatic carbocycles. The summed E-state index contributed by atoms with van der Waals surface area (Å²) in [5, 5.41) is 3.03. The highest BCUT2D eigenvalue weighted by atomic mass is 16.5. The number of H-pyrrole nitrogens is 1. The lowest BCUT2D eigenvalue weighted by atomic mass is 9.96. The lowest BCUT2D eigenvalue weighted by molar-refractivity contribution is -0.00866. The Morgan fingerprint density at radius 1 is 1.06 bits per heavy atom. The summed E-state index contributed by atoms with van der Waals surface area (Å²) in [5.41, 5.74) is 3.81. The average molecular weight is 472 g/mol. The molecule has 3 heterocycles. The lowest BCUT2D eigenvalue weighted by Crippen LogP contribution is -2.35. The smallest absolute Gasteiger partial charge is 0.255 e. The normalized spacial score (nSPS) is 22.2. The minimum Gasteiger partial charge on any atom is -0.374 e. The van der Waals surface area contributed by atoms with Crippen LogP contribution in [0.5, 0.6) is 0 Å². The lowest BCUT2D eigenvalue weighted by Gasteiger charge is -2.27. The molecule has 0 radical (unpaired) electrons. The Balaban J connectivity index is 1.03. The van der Waals surface area contributed by atoms with Crippen LogP contribution in [0.2, 0.25) is 0 Å². The van der Waals surface area contributed by atoms with E-state index in [9.17, 15) is 4.79 Å². The maximum Gasteiger partial charge on any atom is 0.255 e. The van der Waals surface area contributed by atoms with Crippen molar-refractivity contribution >= 4 is 17.3 Å². The molecule has 1 saturated carbocycles. The Hall–Kier alpha value is -3.16. The largest absolute Gasteiger partial charge is 0.374 e. The second-order valence-corrected chi connectivity index (χ2v) is 10.1. The molecule has 7 nitrogen and oxygen atoms in total. The first kappa shape index (κ1) is 22.3. The summed E-state index contributed by atoms with van der Waals surface area (Å²) < 4.78 is 5.86. The number of hydrogen-bond donors (Lipinski definition) is 2. The second-order valence-electron chi connectivity index (χ2n) is 10.1. The molecule has 1 amide bonds. The van der Waals surface area contributed by atoms with Gasteiger partial charge in [0, 0.05) is 55.0 Å². The number of imidazole rings is 1. The molecule has 35 heavy (non-hydrogen) atoms. The fraction of sp³-hybridized carbons (Fsp3) is 0.429. The zero-order chi connectivity index (χ0) is 23.6. The van der Waals surface area contributed by atoms with Gasteiger partial charge < -0.3 is 19.9 Å². The second kappa shape index (κ2) is 9.84.